The number of nitrogens with zero attached hydrogens (tertiary/aromatic N) is 2. The van der Waals surface area contributed by atoms with Gasteiger partial charge in [0.1, 0.15) is 5.82 Å². The molecule has 2 atom stereocenters. The van der Waals surface area contributed by atoms with Crippen molar-refractivity contribution in [3.8, 4) is 0 Å². The van der Waals surface area contributed by atoms with E-state index in [9.17, 15) is 8.42 Å². The van der Waals surface area contributed by atoms with Gasteiger partial charge in [-0.05, 0) is 31.9 Å². The molecule has 0 aliphatic carbocycles. The van der Waals surface area contributed by atoms with E-state index in [1.165, 1.54) is 0 Å². The van der Waals surface area contributed by atoms with Gasteiger partial charge < -0.3 is 9.88 Å². The molecule has 0 saturated carbocycles. The number of hydrogen-bond acceptors (Lipinski definition) is 4. The molecule has 21 heavy (non-hydrogen) atoms. The lowest BCUT2D eigenvalue weighted by Gasteiger charge is -2.26. The predicted octanol–water partition coefficient (Wildman–Crippen LogP) is 1.80. The smallest absolute Gasteiger partial charge is 0.151 e. The Morgan fingerprint density at radius 2 is 2.14 bits per heavy atom. The van der Waals surface area contributed by atoms with Crippen LogP contribution in [0.1, 0.15) is 31.6 Å². The van der Waals surface area contributed by atoms with Gasteiger partial charge in [0.15, 0.2) is 9.84 Å². The van der Waals surface area contributed by atoms with Crippen molar-refractivity contribution >= 4 is 20.9 Å². The fourth-order valence-corrected chi connectivity index (χ4v) is 4.78. The van der Waals surface area contributed by atoms with Crippen molar-refractivity contribution in [2.75, 3.05) is 11.5 Å². The van der Waals surface area contributed by atoms with Crippen LogP contribution in [0.4, 0.5) is 0 Å². The molecule has 1 aromatic carbocycles. The van der Waals surface area contributed by atoms with E-state index in [-0.39, 0.29) is 17.8 Å². The molecule has 2 unspecified atom stereocenters. The number of fused-ring (bicyclic) bond motifs is 1. The fourth-order valence-electron chi connectivity index (χ4n) is 3.13. The van der Waals surface area contributed by atoms with Crippen LogP contribution in [0.25, 0.3) is 11.0 Å². The zero-order valence-electron chi connectivity index (χ0n) is 12.4. The Bertz CT molecular complexity index is 751. The lowest BCUT2D eigenvalue weighted by atomic mass is 10.1. The number of hydrogen-bond donors (Lipinski definition) is 1. The zero-order valence-corrected chi connectivity index (χ0v) is 13.2. The Labute approximate surface area is 125 Å². The van der Waals surface area contributed by atoms with Crippen molar-refractivity contribution in [1.82, 2.24) is 14.9 Å². The summed E-state index contributed by atoms with van der Waals surface area (Å²) in [5.74, 6) is 1.51. The normalized spacial score (nSPS) is 23.2. The van der Waals surface area contributed by atoms with E-state index in [2.05, 4.69) is 14.9 Å². The Morgan fingerprint density at radius 3 is 2.86 bits per heavy atom. The monoisotopic (exact) mass is 307 g/mol. The lowest BCUT2D eigenvalue weighted by molar-refractivity contribution is 0.422. The number of imidazole rings is 1. The molecule has 2 heterocycles. The summed E-state index contributed by atoms with van der Waals surface area (Å²) < 4.78 is 25.5. The molecule has 0 radical (unpaired) electrons. The first-order valence-electron chi connectivity index (χ1n) is 7.34. The molecule has 6 heteroatoms. The van der Waals surface area contributed by atoms with Crippen molar-refractivity contribution in [2.24, 2.45) is 7.05 Å². The molecular weight excluding hydrogens is 286 g/mol. The molecular formula is C15H21N3O2S. The maximum Gasteiger partial charge on any atom is 0.151 e. The average molecular weight is 307 g/mol. The van der Waals surface area contributed by atoms with E-state index in [4.69, 9.17) is 0 Å². The maximum atomic E-state index is 11.7. The predicted molar refractivity (Wildman–Crippen MR) is 83.9 cm³/mol. The molecule has 114 valence electrons. The standard InChI is InChI=1S/C15H21N3O2S/c1-11(16-12-6-5-9-21(19,20)10-12)15-17-13-7-3-4-8-14(13)18(15)2/h3-4,7-8,11-12,16H,5-6,9-10H2,1-2H3. The number of para-hydroxylation sites is 2. The highest BCUT2D eigenvalue weighted by Gasteiger charge is 2.26. The number of rotatable bonds is 3. The van der Waals surface area contributed by atoms with Gasteiger partial charge in [-0.3, -0.25) is 0 Å². The molecule has 1 saturated heterocycles. The summed E-state index contributed by atoms with van der Waals surface area (Å²) in [4.78, 5) is 4.67. The number of benzene rings is 1. The number of aryl methyl sites for hydroxylation is 1. The van der Waals surface area contributed by atoms with Crippen LogP contribution >= 0.6 is 0 Å². The quantitative estimate of drug-likeness (QED) is 0.939. The highest BCUT2D eigenvalue weighted by Crippen LogP contribution is 2.21. The van der Waals surface area contributed by atoms with E-state index in [1.807, 2.05) is 38.2 Å². The molecule has 5 nitrogen and oxygen atoms in total. The average Bonchev–Trinajstić information content (AvgIpc) is 2.76. The highest BCUT2D eigenvalue weighted by atomic mass is 32.2. The Morgan fingerprint density at radius 1 is 1.38 bits per heavy atom. The number of aromatic nitrogens is 2. The molecule has 1 aliphatic heterocycles. The third-order valence-electron chi connectivity index (χ3n) is 4.16. The van der Waals surface area contributed by atoms with Gasteiger partial charge in [0.2, 0.25) is 0 Å². The van der Waals surface area contributed by atoms with Gasteiger partial charge in [0.05, 0.1) is 28.6 Å². The third-order valence-corrected chi connectivity index (χ3v) is 5.98. The van der Waals surface area contributed by atoms with Crippen LogP contribution in [-0.4, -0.2) is 35.5 Å². The van der Waals surface area contributed by atoms with Gasteiger partial charge in [0, 0.05) is 13.1 Å². The van der Waals surface area contributed by atoms with Gasteiger partial charge >= 0.3 is 0 Å². The van der Waals surface area contributed by atoms with E-state index in [0.717, 1.165) is 29.7 Å². The molecule has 0 spiro atoms. The molecule has 2 aromatic rings. The van der Waals surface area contributed by atoms with Crippen molar-refractivity contribution in [3.05, 3.63) is 30.1 Å². The Balaban J connectivity index is 1.81. The minimum absolute atomic E-state index is 0.0264. The van der Waals surface area contributed by atoms with Crippen LogP contribution in [0.5, 0.6) is 0 Å². The number of sulfone groups is 1. The van der Waals surface area contributed by atoms with Crippen LogP contribution < -0.4 is 5.32 Å². The first-order valence-corrected chi connectivity index (χ1v) is 9.16. The van der Waals surface area contributed by atoms with E-state index in [1.54, 1.807) is 0 Å². The van der Waals surface area contributed by atoms with Gasteiger partial charge in [-0.25, -0.2) is 13.4 Å². The summed E-state index contributed by atoms with van der Waals surface area (Å²) in [5.41, 5.74) is 2.07. The molecule has 0 bridgehead atoms. The summed E-state index contributed by atoms with van der Waals surface area (Å²) >= 11 is 0. The highest BCUT2D eigenvalue weighted by molar-refractivity contribution is 7.91. The van der Waals surface area contributed by atoms with Crippen LogP contribution in [0.15, 0.2) is 24.3 Å². The van der Waals surface area contributed by atoms with Gasteiger partial charge in [-0.1, -0.05) is 12.1 Å². The van der Waals surface area contributed by atoms with Crippen molar-refractivity contribution in [1.29, 1.82) is 0 Å². The van der Waals surface area contributed by atoms with E-state index >= 15 is 0 Å². The largest absolute Gasteiger partial charge is 0.330 e. The molecule has 1 N–H and O–H groups in total. The summed E-state index contributed by atoms with van der Waals surface area (Å²) in [5, 5.41) is 3.43. The summed E-state index contributed by atoms with van der Waals surface area (Å²) in [6.07, 6.45) is 1.66. The molecule has 0 amide bonds. The summed E-state index contributed by atoms with van der Waals surface area (Å²) in [6, 6.07) is 8.07. The third kappa shape index (κ3) is 2.96. The molecule has 3 rings (SSSR count). The SMILES string of the molecule is CC(NC1CCCS(=O)(=O)C1)c1nc2ccccc2n1C. The second kappa shape index (κ2) is 5.42. The molecule has 1 fully saturated rings. The molecule has 1 aromatic heterocycles. The van der Waals surface area contributed by atoms with Gasteiger partial charge in [-0.2, -0.15) is 0 Å². The van der Waals surface area contributed by atoms with E-state index < -0.39 is 9.84 Å². The van der Waals surface area contributed by atoms with Crippen LogP contribution in [-0.2, 0) is 16.9 Å². The Hall–Kier alpha value is -1.40. The van der Waals surface area contributed by atoms with Crippen LogP contribution in [0.3, 0.4) is 0 Å². The number of nitrogens with one attached hydrogen (secondary N) is 1. The first-order chi connectivity index (χ1) is 9.96. The summed E-state index contributed by atoms with van der Waals surface area (Å²) in [7, 11) is -0.884. The minimum atomic E-state index is -2.88. The van der Waals surface area contributed by atoms with Crippen molar-refractivity contribution in [3.63, 3.8) is 0 Å². The van der Waals surface area contributed by atoms with E-state index in [0.29, 0.717) is 5.75 Å². The summed E-state index contributed by atoms with van der Waals surface area (Å²) in [6.45, 7) is 2.04. The van der Waals surface area contributed by atoms with Crippen molar-refractivity contribution < 1.29 is 8.42 Å². The molecule has 1 aliphatic rings. The lowest BCUT2D eigenvalue weighted by Crippen LogP contribution is -2.41. The van der Waals surface area contributed by atoms with Crippen LogP contribution in [0.2, 0.25) is 0 Å². The fraction of sp³-hybridized carbons (Fsp3) is 0.533. The minimum Gasteiger partial charge on any atom is -0.330 e. The second-order valence-electron chi connectivity index (χ2n) is 5.86. The Kier molecular flexibility index (Phi) is 3.75. The topological polar surface area (TPSA) is 64.0 Å². The zero-order chi connectivity index (χ0) is 15.0. The maximum absolute atomic E-state index is 11.7. The van der Waals surface area contributed by atoms with Crippen LogP contribution in [0, 0.1) is 0 Å². The second-order valence-corrected chi connectivity index (χ2v) is 8.09. The van der Waals surface area contributed by atoms with Crippen molar-refractivity contribution in [2.45, 2.75) is 31.8 Å². The first kappa shape index (κ1) is 14.5. The van der Waals surface area contributed by atoms with Gasteiger partial charge in [-0.15, -0.1) is 0 Å². The van der Waals surface area contributed by atoms with Gasteiger partial charge in [0.25, 0.3) is 0 Å².